The largest absolute Gasteiger partial charge is 0.159 e. The Hall–Kier alpha value is 0.930. The van der Waals surface area contributed by atoms with Crippen molar-refractivity contribution in [2.45, 2.75) is 24.6 Å². The van der Waals surface area contributed by atoms with Gasteiger partial charge in [0.25, 0.3) is 0 Å². The average molecular weight is 187 g/mol. The van der Waals surface area contributed by atoms with Crippen LogP contribution in [0, 0.1) is 0 Å². The fraction of sp³-hybridized carbons (Fsp3) is 1.00. The van der Waals surface area contributed by atoms with Crippen LogP contribution in [0.4, 0.5) is 0 Å². The molecule has 0 nitrogen and oxygen atoms in total. The number of rotatable bonds is 4. The van der Waals surface area contributed by atoms with Gasteiger partial charge in [-0.05, 0) is 13.8 Å². The maximum Gasteiger partial charge on any atom is 0.0398 e. The first-order chi connectivity index (χ1) is 4.13. The van der Waals surface area contributed by atoms with Gasteiger partial charge in [0.1, 0.15) is 0 Å². The van der Waals surface area contributed by atoms with Gasteiger partial charge < -0.3 is 0 Å². The summed E-state index contributed by atoms with van der Waals surface area (Å²) in [6.07, 6.45) is 0. The molecule has 0 rings (SSSR count). The average Bonchev–Trinajstić information content (AvgIpc) is 1.63. The molecule has 0 N–H and O–H groups in total. The van der Waals surface area contributed by atoms with Gasteiger partial charge in [-0.25, -0.2) is 0 Å². The highest BCUT2D eigenvalue weighted by atomic mass is 35.5. The van der Waals surface area contributed by atoms with Crippen LogP contribution in [0.1, 0.15) is 13.8 Å². The van der Waals surface area contributed by atoms with E-state index in [0.29, 0.717) is 0 Å². The molecule has 0 aromatic carbocycles. The van der Waals surface area contributed by atoms with Gasteiger partial charge in [-0.2, -0.15) is 11.8 Å². The quantitative estimate of drug-likeness (QED) is 0.609. The van der Waals surface area contributed by atoms with E-state index in [2.05, 4.69) is 0 Å². The maximum absolute atomic E-state index is 5.70. The Bertz CT molecular complexity index is 56.1. The van der Waals surface area contributed by atoms with E-state index < -0.39 is 0 Å². The van der Waals surface area contributed by atoms with Crippen molar-refractivity contribution < 1.29 is 0 Å². The predicted molar refractivity (Wildman–Crippen MR) is 48.0 cm³/mol. The highest BCUT2D eigenvalue weighted by Gasteiger charge is 1.98. The minimum absolute atomic E-state index is 0.269. The van der Waals surface area contributed by atoms with Crippen molar-refractivity contribution in [1.82, 2.24) is 0 Å². The fourth-order valence-electron chi connectivity index (χ4n) is 0.393. The summed E-state index contributed by atoms with van der Waals surface area (Å²) >= 11 is 13.2. The van der Waals surface area contributed by atoms with E-state index in [0.717, 1.165) is 11.5 Å². The molecule has 0 aliphatic rings. The molecule has 0 spiro atoms. The topological polar surface area (TPSA) is 0 Å². The van der Waals surface area contributed by atoms with Crippen LogP contribution in [0.25, 0.3) is 0 Å². The van der Waals surface area contributed by atoms with Gasteiger partial charge in [0.15, 0.2) is 0 Å². The molecule has 0 saturated carbocycles. The summed E-state index contributed by atoms with van der Waals surface area (Å²) in [4.78, 5) is 0. The fourth-order valence-corrected chi connectivity index (χ4v) is 1.71. The van der Waals surface area contributed by atoms with E-state index >= 15 is 0 Å². The standard InChI is InChI=1S/C6H12Cl2S/c1-5(7)3-9-4-6(2)8/h5-6H,3-4H2,1-2H3/t5-,6-/m0/s1. The third-order valence-corrected chi connectivity index (χ3v) is 2.84. The lowest BCUT2D eigenvalue weighted by atomic mass is 10.6. The maximum atomic E-state index is 5.70. The summed E-state index contributed by atoms with van der Waals surface area (Å²) in [6, 6.07) is 0. The van der Waals surface area contributed by atoms with Crippen molar-refractivity contribution in [2.75, 3.05) is 11.5 Å². The SMILES string of the molecule is C[C@H](Cl)CSC[C@H](C)Cl. The molecule has 9 heavy (non-hydrogen) atoms. The smallest absolute Gasteiger partial charge is 0.0398 e. The van der Waals surface area contributed by atoms with Crippen molar-refractivity contribution in [3.05, 3.63) is 0 Å². The highest BCUT2D eigenvalue weighted by Crippen LogP contribution is 2.10. The van der Waals surface area contributed by atoms with Gasteiger partial charge in [-0.15, -0.1) is 23.2 Å². The Morgan fingerprint density at radius 1 is 1.11 bits per heavy atom. The third-order valence-electron chi connectivity index (χ3n) is 0.695. The van der Waals surface area contributed by atoms with Gasteiger partial charge in [-0.1, -0.05) is 0 Å². The first-order valence-corrected chi connectivity index (χ1v) is 5.01. The number of alkyl halides is 2. The summed E-state index contributed by atoms with van der Waals surface area (Å²) in [5.41, 5.74) is 0. The van der Waals surface area contributed by atoms with Crippen molar-refractivity contribution in [2.24, 2.45) is 0 Å². The molecule has 0 heterocycles. The van der Waals surface area contributed by atoms with Gasteiger partial charge >= 0.3 is 0 Å². The second kappa shape index (κ2) is 5.70. The van der Waals surface area contributed by atoms with Crippen LogP contribution in [-0.2, 0) is 0 Å². The van der Waals surface area contributed by atoms with Gasteiger partial charge in [0, 0.05) is 22.3 Å². The number of hydrogen-bond donors (Lipinski definition) is 0. The summed E-state index contributed by atoms with van der Waals surface area (Å²) in [6.45, 7) is 3.99. The normalized spacial score (nSPS) is 17.3. The Morgan fingerprint density at radius 2 is 1.44 bits per heavy atom. The monoisotopic (exact) mass is 186 g/mol. The molecule has 3 heteroatoms. The van der Waals surface area contributed by atoms with E-state index in [1.807, 2.05) is 13.8 Å². The highest BCUT2D eigenvalue weighted by molar-refractivity contribution is 7.99. The van der Waals surface area contributed by atoms with E-state index in [9.17, 15) is 0 Å². The van der Waals surface area contributed by atoms with Crippen molar-refractivity contribution >= 4 is 35.0 Å². The lowest BCUT2D eigenvalue weighted by Crippen LogP contribution is -2.00. The lowest BCUT2D eigenvalue weighted by Gasteiger charge is -2.03. The minimum atomic E-state index is 0.269. The molecule has 0 aromatic rings. The van der Waals surface area contributed by atoms with Gasteiger partial charge in [0.2, 0.25) is 0 Å². The number of halogens is 2. The number of hydrogen-bond acceptors (Lipinski definition) is 1. The molecule has 0 saturated heterocycles. The van der Waals surface area contributed by atoms with Crippen LogP contribution >= 0.6 is 35.0 Å². The van der Waals surface area contributed by atoms with Crippen molar-refractivity contribution in [3.8, 4) is 0 Å². The zero-order valence-corrected chi connectivity index (χ0v) is 8.06. The number of thioether (sulfide) groups is 1. The molecule has 0 radical (unpaired) electrons. The van der Waals surface area contributed by atoms with Gasteiger partial charge in [0.05, 0.1) is 0 Å². The molecule has 0 fully saturated rings. The van der Waals surface area contributed by atoms with E-state index in [-0.39, 0.29) is 10.8 Å². The van der Waals surface area contributed by atoms with E-state index in [1.54, 1.807) is 11.8 Å². The molecule has 0 amide bonds. The summed E-state index contributed by atoms with van der Waals surface area (Å²) in [7, 11) is 0. The second-order valence-corrected chi connectivity index (χ2v) is 4.66. The van der Waals surface area contributed by atoms with Crippen molar-refractivity contribution in [1.29, 1.82) is 0 Å². The molecule has 0 unspecified atom stereocenters. The summed E-state index contributed by atoms with van der Waals surface area (Å²) in [5.74, 6) is 2.00. The van der Waals surface area contributed by atoms with Crippen LogP contribution in [0.2, 0.25) is 0 Å². The molecular weight excluding hydrogens is 175 g/mol. The summed E-state index contributed by atoms with van der Waals surface area (Å²) < 4.78 is 0. The van der Waals surface area contributed by atoms with Crippen LogP contribution in [-0.4, -0.2) is 22.3 Å². The van der Waals surface area contributed by atoms with Crippen LogP contribution < -0.4 is 0 Å². The molecule has 56 valence electrons. The van der Waals surface area contributed by atoms with Crippen molar-refractivity contribution in [3.63, 3.8) is 0 Å². The van der Waals surface area contributed by atoms with Crippen LogP contribution in [0.3, 0.4) is 0 Å². The first-order valence-electron chi connectivity index (χ1n) is 2.98. The Labute approximate surface area is 71.3 Å². The second-order valence-electron chi connectivity index (χ2n) is 2.10. The zero-order chi connectivity index (χ0) is 7.28. The van der Waals surface area contributed by atoms with Crippen LogP contribution in [0.15, 0.2) is 0 Å². The molecule has 0 aliphatic carbocycles. The Morgan fingerprint density at radius 3 is 1.67 bits per heavy atom. The van der Waals surface area contributed by atoms with E-state index in [1.165, 1.54) is 0 Å². The molecule has 0 bridgehead atoms. The molecule has 2 atom stereocenters. The Kier molecular flexibility index (Phi) is 6.28. The molecule has 0 aromatic heterocycles. The molecule has 0 aliphatic heterocycles. The third kappa shape index (κ3) is 8.93. The van der Waals surface area contributed by atoms with Crippen LogP contribution in [0.5, 0.6) is 0 Å². The van der Waals surface area contributed by atoms with Gasteiger partial charge in [-0.3, -0.25) is 0 Å². The van der Waals surface area contributed by atoms with E-state index in [4.69, 9.17) is 23.2 Å². The zero-order valence-electron chi connectivity index (χ0n) is 5.73. The first kappa shape index (κ1) is 9.93. The summed E-state index contributed by atoms with van der Waals surface area (Å²) in [5, 5.41) is 0.538. The Balaban J connectivity index is 2.91. The lowest BCUT2D eigenvalue weighted by molar-refractivity contribution is 1.08. The molecular formula is C6H12Cl2S. The minimum Gasteiger partial charge on any atom is -0.159 e. The predicted octanol–water partition coefficient (Wildman–Crippen LogP) is 2.97.